The number of benzene rings is 1. The number of hydrogen-bond acceptors (Lipinski definition) is 1. The molecule has 0 fully saturated rings. The molecule has 0 saturated carbocycles. The molecule has 1 rings (SSSR count). The molecule has 2 heteroatoms. The third kappa shape index (κ3) is 1.69. The van der Waals surface area contributed by atoms with Crippen LogP contribution in [-0.4, -0.2) is 24.8 Å². The molecule has 48 valence electrons. The van der Waals surface area contributed by atoms with Crippen LogP contribution in [0.5, 0.6) is 0 Å². The summed E-state index contributed by atoms with van der Waals surface area (Å²) in [5.74, 6) is 0. The Bertz CT molecular complexity index is 198. The molecule has 0 saturated heterocycles. The van der Waals surface area contributed by atoms with Gasteiger partial charge in [-0.3, -0.25) is 0 Å². The third-order valence-electron chi connectivity index (χ3n) is 1.19. The SMILES string of the molecule is Cc1ccccc1[Te]O. The van der Waals surface area contributed by atoms with Crippen LogP contribution in [0.25, 0.3) is 0 Å². The van der Waals surface area contributed by atoms with Crippen molar-refractivity contribution in [1.82, 2.24) is 0 Å². The van der Waals surface area contributed by atoms with Crippen LogP contribution in [-0.2, 0) is 0 Å². The number of rotatable bonds is 1. The zero-order valence-corrected chi connectivity index (χ0v) is 7.50. The summed E-state index contributed by atoms with van der Waals surface area (Å²) in [4.78, 5) is 0. The number of hydrogen-bond donors (Lipinski definition) is 1. The van der Waals surface area contributed by atoms with E-state index in [0.717, 1.165) is 3.61 Å². The fourth-order valence-corrected chi connectivity index (χ4v) is 1.66. The van der Waals surface area contributed by atoms with E-state index >= 15 is 0 Å². The summed E-state index contributed by atoms with van der Waals surface area (Å²) in [6, 6.07) is 7.96. The van der Waals surface area contributed by atoms with Crippen molar-refractivity contribution in [2.24, 2.45) is 0 Å². The average Bonchev–Trinajstić information content (AvgIpc) is 1.89. The average molecular weight is 236 g/mol. The van der Waals surface area contributed by atoms with Crippen molar-refractivity contribution in [1.29, 1.82) is 0 Å². The molecule has 1 aromatic rings. The zero-order chi connectivity index (χ0) is 6.69. The summed E-state index contributed by atoms with van der Waals surface area (Å²) in [5, 5.41) is 0. The summed E-state index contributed by atoms with van der Waals surface area (Å²) in [6.45, 7) is 2.02. The van der Waals surface area contributed by atoms with Crippen molar-refractivity contribution in [3.63, 3.8) is 0 Å². The summed E-state index contributed by atoms with van der Waals surface area (Å²) in [6.07, 6.45) is 0. The minimum atomic E-state index is -0.868. The van der Waals surface area contributed by atoms with Gasteiger partial charge in [-0.2, -0.15) is 0 Å². The summed E-state index contributed by atoms with van der Waals surface area (Å²) >= 11 is -0.868. The van der Waals surface area contributed by atoms with E-state index in [-0.39, 0.29) is 0 Å². The fraction of sp³-hybridized carbons (Fsp3) is 0.143. The first kappa shape index (κ1) is 7.08. The van der Waals surface area contributed by atoms with Gasteiger partial charge in [0.15, 0.2) is 0 Å². The van der Waals surface area contributed by atoms with Crippen LogP contribution in [0.1, 0.15) is 5.56 Å². The van der Waals surface area contributed by atoms with E-state index in [1.807, 2.05) is 31.2 Å². The Labute approximate surface area is 65.3 Å². The van der Waals surface area contributed by atoms with Crippen LogP contribution in [0.4, 0.5) is 0 Å². The molecule has 0 bridgehead atoms. The normalized spacial score (nSPS) is 9.56. The Morgan fingerprint density at radius 2 is 2.00 bits per heavy atom. The van der Waals surface area contributed by atoms with Gasteiger partial charge in [-0.15, -0.1) is 0 Å². The molecule has 0 heterocycles. The Hall–Kier alpha value is -0.0304. The van der Waals surface area contributed by atoms with Gasteiger partial charge in [0, 0.05) is 0 Å². The minimum absolute atomic E-state index is 0.868. The van der Waals surface area contributed by atoms with Crippen molar-refractivity contribution in [3.8, 4) is 0 Å². The summed E-state index contributed by atoms with van der Waals surface area (Å²) in [7, 11) is 0. The van der Waals surface area contributed by atoms with Gasteiger partial charge in [0.25, 0.3) is 0 Å². The Morgan fingerprint density at radius 1 is 1.33 bits per heavy atom. The van der Waals surface area contributed by atoms with E-state index in [9.17, 15) is 0 Å². The standard InChI is InChI=1S/C7H8OTe/c1-6-4-2-3-5-7(6)9-8/h2-5,8H,1H3. The van der Waals surface area contributed by atoms with E-state index in [4.69, 9.17) is 3.47 Å². The molecule has 1 nitrogen and oxygen atoms in total. The van der Waals surface area contributed by atoms with Crippen molar-refractivity contribution in [2.45, 2.75) is 6.92 Å². The first-order valence-corrected chi connectivity index (χ1v) is 4.92. The second-order valence-electron chi connectivity index (χ2n) is 1.86. The van der Waals surface area contributed by atoms with Gasteiger partial charge in [-0.25, -0.2) is 0 Å². The third-order valence-corrected chi connectivity index (χ3v) is 3.06. The molecule has 0 amide bonds. The molecule has 0 atom stereocenters. The summed E-state index contributed by atoms with van der Waals surface area (Å²) in [5.41, 5.74) is 1.21. The van der Waals surface area contributed by atoms with E-state index < -0.39 is 21.3 Å². The van der Waals surface area contributed by atoms with E-state index in [1.54, 1.807) is 0 Å². The second kappa shape index (κ2) is 3.22. The molecule has 0 aliphatic carbocycles. The van der Waals surface area contributed by atoms with Crippen molar-refractivity contribution in [2.75, 3.05) is 0 Å². The second-order valence-corrected chi connectivity index (χ2v) is 3.63. The molecule has 0 aliphatic heterocycles. The molecule has 9 heavy (non-hydrogen) atoms. The number of aryl methyl sites for hydroxylation is 1. The molecule has 0 radical (unpaired) electrons. The van der Waals surface area contributed by atoms with Crippen LogP contribution < -0.4 is 3.61 Å². The van der Waals surface area contributed by atoms with E-state index in [0.29, 0.717) is 0 Å². The quantitative estimate of drug-likeness (QED) is 0.692. The van der Waals surface area contributed by atoms with Gasteiger partial charge in [-0.1, -0.05) is 0 Å². The van der Waals surface area contributed by atoms with Gasteiger partial charge < -0.3 is 0 Å². The van der Waals surface area contributed by atoms with Gasteiger partial charge in [-0.05, 0) is 0 Å². The molecule has 0 unspecified atom stereocenters. The molecule has 0 spiro atoms. The van der Waals surface area contributed by atoms with Gasteiger partial charge >= 0.3 is 65.2 Å². The maximum atomic E-state index is 8.85. The maximum absolute atomic E-state index is 8.85. The fourth-order valence-electron chi connectivity index (χ4n) is 0.659. The Balaban J connectivity index is 3.01. The molecular weight excluding hydrogens is 228 g/mol. The van der Waals surface area contributed by atoms with Gasteiger partial charge in [0.2, 0.25) is 0 Å². The zero-order valence-electron chi connectivity index (χ0n) is 5.16. The van der Waals surface area contributed by atoms with Gasteiger partial charge in [0.05, 0.1) is 0 Å². The van der Waals surface area contributed by atoms with Crippen molar-refractivity contribution < 1.29 is 3.47 Å². The van der Waals surface area contributed by atoms with Crippen LogP contribution in [0, 0.1) is 6.92 Å². The molecule has 0 aliphatic rings. The van der Waals surface area contributed by atoms with Crippen molar-refractivity contribution in [3.05, 3.63) is 29.8 Å². The topological polar surface area (TPSA) is 20.2 Å². The van der Waals surface area contributed by atoms with Crippen molar-refractivity contribution >= 4 is 24.9 Å². The molecule has 1 aromatic carbocycles. The first-order valence-electron chi connectivity index (χ1n) is 2.71. The van der Waals surface area contributed by atoms with Crippen LogP contribution in [0.15, 0.2) is 24.3 Å². The summed E-state index contributed by atoms with van der Waals surface area (Å²) < 4.78 is 9.99. The van der Waals surface area contributed by atoms with Crippen LogP contribution in [0.2, 0.25) is 0 Å². The monoisotopic (exact) mass is 238 g/mol. The molecule has 0 aromatic heterocycles. The van der Waals surface area contributed by atoms with E-state index in [2.05, 4.69) is 0 Å². The molecular formula is C7H8OTe. The Kier molecular flexibility index (Phi) is 2.53. The Morgan fingerprint density at radius 3 is 2.44 bits per heavy atom. The van der Waals surface area contributed by atoms with Crippen LogP contribution in [0.3, 0.4) is 0 Å². The predicted molar refractivity (Wildman–Crippen MR) is 38.8 cm³/mol. The first-order chi connectivity index (χ1) is 4.34. The van der Waals surface area contributed by atoms with Gasteiger partial charge in [0.1, 0.15) is 0 Å². The van der Waals surface area contributed by atoms with E-state index in [1.165, 1.54) is 5.56 Å². The van der Waals surface area contributed by atoms with Crippen LogP contribution >= 0.6 is 0 Å². The molecule has 1 N–H and O–H groups in total. The predicted octanol–water partition coefficient (Wildman–Crippen LogP) is 0.232.